The first-order chi connectivity index (χ1) is 8.93. The van der Waals surface area contributed by atoms with Crippen molar-refractivity contribution in [3.8, 4) is 0 Å². The quantitative estimate of drug-likeness (QED) is 0.749. The van der Waals surface area contributed by atoms with Gasteiger partial charge >= 0.3 is 0 Å². The molecule has 1 rings (SSSR count). The van der Waals surface area contributed by atoms with Crippen molar-refractivity contribution >= 4 is 21.6 Å². The van der Waals surface area contributed by atoms with Crippen molar-refractivity contribution in [1.82, 2.24) is 14.3 Å². The second-order valence-corrected chi connectivity index (χ2v) is 6.69. The summed E-state index contributed by atoms with van der Waals surface area (Å²) in [5.41, 5.74) is -0.193. The van der Waals surface area contributed by atoms with E-state index in [0.29, 0.717) is 19.0 Å². The number of nitrogens with zero attached hydrogens (tertiary/aromatic N) is 2. The summed E-state index contributed by atoms with van der Waals surface area (Å²) < 4.78 is 28.6. The van der Waals surface area contributed by atoms with E-state index < -0.39 is 10.0 Å². The van der Waals surface area contributed by atoms with Crippen LogP contribution < -0.4 is 4.72 Å². The Labute approximate surface area is 120 Å². The van der Waals surface area contributed by atoms with Crippen LogP contribution in [0.1, 0.15) is 33.6 Å². The molecule has 0 amide bonds. The van der Waals surface area contributed by atoms with Crippen molar-refractivity contribution in [2.45, 2.75) is 45.2 Å². The molecule has 0 aromatic carbocycles. The van der Waals surface area contributed by atoms with E-state index in [4.69, 9.17) is 11.6 Å². The number of aryl methyl sites for hydroxylation is 1. The smallest absolute Gasteiger partial charge is 0.259 e. The molecule has 5 nitrogen and oxygen atoms in total. The average molecular weight is 308 g/mol. The molecule has 1 N–H and O–H groups in total. The lowest BCUT2D eigenvalue weighted by Gasteiger charge is -2.29. The van der Waals surface area contributed by atoms with Crippen LogP contribution in [0.3, 0.4) is 0 Å². The highest BCUT2D eigenvalue weighted by molar-refractivity contribution is 7.89. The van der Waals surface area contributed by atoms with Gasteiger partial charge in [-0.15, -0.1) is 11.6 Å². The Morgan fingerprint density at radius 3 is 2.42 bits per heavy atom. The van der Waals surface area contributed by atoms with Crippen molar-refractivity contribution in [2.24, 2.45) is 5.41 Å². The van der Waals surface area contributed by atoms with E-state index in [1.54, 1.807) is 4.57 Å². The first kappa shape index (κ1) is 16.5. The van der Waals surface area contributed by atoms with E-state index in [-0.39, 0.29) is 10.4 Å². The molecule has 1 aromatic rings. The van der Waals surface area contributed by atoms with Crippen LogP contribution in [0.4, 0.5) is 0 Å². The van der Waals surface area contributed by atoms with Gasteiger partial charge in [0, 0.05) is 25.2 Å². The molecule has 19 heavy (non-hydrogen) atoms. The molecular weight excluding hydrogens is 286 g/mol. The number of imidazole rings is 1. The maximum atomic E-state index is 12.1. The second kappa shape index (κ2) is 6.72. The van der Waals surface area contributed by atoms with E-state index >= 15 is 0 Å². The average Bonchev–Trinajstić information content (AvgIpc) is 2.90. The first-order valence-corrected chi connectivity index (χ1v) is 8.52. The van der Waals surface area contributed by atoms with Gasteiger partial charge in [-0.2, -0.15) is 0 Å². The van der Waals surface area contributed by atoms with Gasteiger partial charge in [0.1, 0.15) is 0 Å². The second-order valence-electron chi connectivity index (χ2n) is 4.71. The molecule has 0 saturated heterocycles. The minimum absolute atomic E-state index is 0.0602. The molecule has 0 aliphatic heterocycles. The third-order valence-corrected chi connectivity index (χ3v) is 5.52. The predicted octanol–water partition coefficient (Wildman–Crippen LogP) is 2.23. The highest BCUT2D eigenvalue weighted by Crippen LogP contribution is 2.27. The maximum absolute atomic E-state index is 12.1. The molecule has 110 valence electrons. The molecule has 0 saturated carbocycles. The van der Waals surface area contributed by atoms with Gasteiger partial charge in [0.2, 0.25) is 0 Å². The molecule has 1 heterocycles. The zero-order chi connectivity index (χ0) is 14.5. The minimum Gasteiger partial charge on any atom is -0.336 e. The fourth-order valence-electron chi connectivity index (χ4n) is 1.71. The lowest BCUT2D eigenvalue weighted by Crippen LogP contribution is -2.38. The van der Waals surface area contributed by atoms with Gasteiger partial charge in [-0.1, -0.05) is 13.8 Å². The molecule has 7 heteroatoms. The lowest BCUT2D eigenvalue weighted by molar-refractivity contribution is 0.304. The van der Waals surface area contributed by atoms with Gasteiger partial charge in [-0.25, -0.2) is 18.1 Å². The summed E-state index contributed by atoms with van der Waals surface area (Å²) in [5.74, 6) is 0.436. The van der Waals surface area contributed by atoms with E-state index in [1.165, 1.54) is 12.5 Å². The lowest BCUT2D eigenvalue weighted by atomic mass is 9.85. The van der Waals surface area contributed by atoms with E-state index in [0.717, 1.165) is 12.8 Å². The first-order valence-electron chi connectivity index (χ1n) is 6.50. The number of hydrogen-bond donors (Lipinski definition) is 1. The van der Waals surface area contributed by atoms with Crippen LogP contribution in [0.25, 0.3) is 0 Å². The van der Waals surface area contributed by atoms with E-state index in [9.17, 15) is 8.42 Å². The summed E-state index contributed by atoms with van der Waals surface area (Å²) in [6.45, 7) is 7.00. The summed E-state index contributed by atoms with van der Waals surface area (Å²) in [6, 6.07) is 0. The Bertz CT molecular complexity index is 487. The van der Waals surface area contributed by atoms with Gasteiger partial charge in [-0.05, 0) is 25.2 Å². The molecule has 0 radical (unpaired) electrons. The third kappa shape index (κ3) is 3.94. The number of sulfonamides is 1. The number of alkyl halides is 1. The molecular formula is C12H22ClN3O2S. The fraction of sp³-hybridized carbons (Fsp3) is 0.750. The number of hydrogen-bond acceptors (Lipinski definition) is 3. The normalized spacial score (nSPS) is 12.8. The van der Waals surface area contributed by atoms with Crippen LogP contribution in [0, 0.1) is 5.41 Å². The van der Waals surface area contributed by atoms with Crippen molar-refractivity contribution in [1.29, 1.82) is 0 Å². The summed E-state index contributed by atoms with van der Waals surface area (Å²) in [7, 11) is -3.55. The predicted molar refractivity (Wildman–Crippen MR) is 76.8 cm³/mol. The van der Waals surface area contributed by atoms with Crippen molar-refractivity contribution in [2.75, 3.05) is 12.4 Å². The Morgan fingerprint density at radius 1 is 1.37 bits per heavy atom. The van der Waals surface area contributed by atoms with E-state index in [1.807, 2.05) is 20.8 Å². The topological polar surface area (TPSA) is 64.0 Å². The summed E-state index contributed by atoms with van der Waals surface area (Å²) in [5, 5.41) is 0.0602. The fourth-order valence-corrected chi connectivity index (χ4v) is 3.29. The SMILES string of the molecule is CCn1cnc(S(=O)(=O)NCC(CC)(CC)CCl)c1. The standard InChI is InChI=1S/C12H22ClN3O2S/c1-4-12(5-2,8-13)9-15-19(17,18)11-7-16(6-3)10-14-11/h7,10,15H,4-6,8-9H2,1-3H3. The molecule has 0 unspecified atom stereocenters. The summed E-state index contributed by atoms with van der Waals surface area (Å²) in [4.78, 5) is 3.92. The van der Waals surface area contributed by atoms with Crippen LogP contribution in [0.2, 0.25) is 0 Å². The zero-order valence-corrected chi connectivity index (χ0v) is 13.3. The van der Waals surface area contributed by atoms with Crippen molar-refractivity contribution in [3.05, 3.63) is 12.5 Å². The number of rotatable bonds is 8. The maximum Gasteiger partial charge on any atom is 0.259 e. The van der Waals surface area contributed by atoms with Gasteiger partial charge in [0.25, 0.3) is 10.0 Å². The summed E-state index contributed by atoms with van der Waals surface area (Å²) in [6.07, 6.45) is 4.71. The zero-order valence-electron chi connectivity index (χ0n) is 11.7. The number of halogens is 1. The van der Waals surface area contributed by atoms with Gasteiger partial charge in [-0.3, -0.25) is 0 Å². The molecule has 0 bridgehead atoms. The Hall–Kier alpha value is -0.590. The largest absolute Gasteiger partial charge is 0.336 e. The Kier molecular flexibility index (Phi) is 5.82. The monoisotopic (exact) mass is 307 g/mol. The molecule has 0 atom stereocenters. The third-order valence-electron chi connectivity index (χ3n) is 3.67. The molecule has 0 aliphatic rings. The minimum atomic E-state index is -3.55. The van der Waals surface area contributed by atoms with Gasteiger partial charge in [0.15, 0.2) is 5.03 Å². The van der Waals surface area contributed by atoms with Gasteiger partial charge in [0.05, 0.1) is 6.33 Å². The Morgan fingerprint density at radius 2 is 2.00 bits per heavy atom. The summed E-state index contributed by atoms with van der Waals surface area (Å²) >= 11 is 5.97. The highest BCUT2D eigenvalue weighted by atomic mass is 35.5. The van der Waals surface area contributed by atoms with Crippen LogP contribution in [0.5, 0.6) is 0 Å². The molecule has 0 aliphatic carbocycles. The number of nitrogens with one attached hydrogen (secondary N) is 1. The van der Waals surface area contributed by atoms with Crippen molar-refractivity contribution in [3.63, 3.8) is 0 Å². The highest BCUT2D eigenvalue weighted by Gasteiger charge is 2.28. The molecule has 0 spiro atoms. The van der Waals surface area contributed by atoms with Crippen LogP contribution in [-0.4, -0.2) is 30.4 Å². The van der Waals surface area contributed by atoms with Crippen LogP contribution in [0.15, 0.2) is 17.6 Å². The van der Waals surface area contributed by atoms with E-state index in [2.05, 4.69) is 9.71 Å². The number of aromatic nitrogens is 2. The molecule has 1 aromatic heterocycles. The molecule has 0 fully saturated rings. The van der Waals surface area contributed by atoms with Crippen LogP contribution in [-0.2, 0) is 16.6 Å². The van der Waals surface area contributed by atoms with Crippen molar-refractivity contribution < 1.29 is 8.42 Å². The Balaban J connectivity index is 2.80. The van der Waals surface area contributed by atoms with Gasteiger partial charge < -0.3 is 4.57 Å². The van der Waals surface area contributed by atoms with Crippen LogP contribution >= 0.6 is 11.6 Å².